The van der Waals surface area contributed by atoms with E-state index in [4.69, 9.17) is 21.1 Å². The molecule has 0 spiro atoms. The third-order valence-electron chi connectivity index (χ3n) is 5.73. The molecule has 2 aliphatic rings. The first-order valence-electron chi connectivity index (χ1n) is 9.98. The SMILES string of the molecule is COCCCOC1=C(Cl)\N=C\c2cc(=O)c(C(=O)O)cn2[C@H]2[C@@H](\C=C\1)CCC2(C)C. The fraction of sp³-hybridized carbons (Fsp3) is 0.500. The molecule has 0 aromatic carbocycles. The number of nitrogens with zero attached hydrogens (tertiary/aromatic N) is 2. The van der Waals surface area contributed by atoms with Gasteiger partial charge in [0.15, 0.2) is 16.3 Å². The van der Waals surface area contributed by atoms with Crippen LogP contribution < -0.4 is 5.43 Å². The summed E-state index contributed by atoms with van der Waals surface area (Å²) >= 11 is 6.38. The zero-order valence-corrected chi connectivity index (χ0v) is 18.2. The van der Waals surface area contributed by atoms with E-state index in [0.717, 1.165) is 19.3 Å². The third kappa shape index (κ3) is 4.68. The van der Waals surface area contributed by atoms with Gasteiger partial charge in [0.2, 0.25) is 0 Å². The number of aromatic carboxylic acids is 1. The van der Waals surface area contributed by atoms with Gasteiger partial charge in [0.1, 0.15) is 5.56 Å². The van der Waals surface area contributed by atoms with E-state index in [0.29, 0.717) is 24.7 Å². The molecule has 1 N–H and O–H groups in total. The van der Waals surface area contributed by atoms with Crippen LogP contribution in [-0.4, -0.2) is 42.2 Å². The van der Waals surface area contributed by atoms with E-state index < -0.39 is 11.4 Å². The van der Waals surface area contributed by atoms with Gasteiger partial charge in [0, 0.05) is 38.4 Å². The lowest BCUT2D eigenvalue weighted by Crippen LogP contribution is -2.30. The van der Waals surface area contributed by atoms with Crippen LogP contribution >= 0.6 is 11.6 Å². The molecule has 1 aliphatic carbocycles. The van der Waals surface area contributed by atoms with Crippen molar-refractivity contribution in [1.29, 1.82) is 0 Å². The summed E-state index contributed by atoms with van der Waals surface area (Å²) in [7, 11) is 1.64. The van der Waals surface area contributed by atoms with Gasteiger partial charge >= 0.3 is 5.97 Å². The van der Waals surface area contributed by atoms with E-state index in [9.17, 15) is 14.7 Å². The Morgan fingerprint density at radius 3 is 2.87 bits per heavy atom. The van der Waals surface area contributed by atoms with Gasteiger partial charge in [-0.05, 0) is 30.3 Å². The molecule has 1 aromatic rings. The Kier molecular flexibility index (Phi) is 6.83. The lowest BCUT2D eigenvalue weighted by atomic mass is 9.84. The molecule has 3 rings (SSSR count). The Hall–Kier alpha value is -2.38. The number of fused-ring (bicyclic) bond motifs is 3. The van der Waals surface area contributed by atoms with Crippen molar-refractivity contribution < 1.29 is 19.4 Å². The summed E-state index contributed by atoms with van der Waals surface area (Å²) in [5, 5.41) is 9.61. The molecule has 8 heteroatoms. The zero-order valence-electron chi connectivity index (χ0n) is 17.4. The number of pyridine rings is 1. The number of methoxy groups -OCH3 is 1. The van der Waals surface area contributed by atoms with E-state index in [-0.39, 0.29) is 28.1 Å². The molecule has 30 heavy (non-hydrogen) atoms. The number of carboxylic acids is 1. The molecule has 0 amide bonds. The minimum absolute atomic E-state index is 0.0412. The van der Waals surface area contributed by atoms with Crippen LogP contribution in [0.15, 0.2) is 45.1 Å². The van der Waals surface area contributed by atoms with Gasteiger partial charge in [-0.2, -0.15) is 0 Å². The van der Waals surface area contributed by atoms with Gasteiger partial charge < -0.3 is 19.1 Å². The number of ether oxygens (including phenoxy) is 2. The molecule has 7 nitrogen and oxygen atoms in total. The minimum Gasteiger partial charge on any atom is -0.490 e. The van der Waals surface area contributed by atoms with Gasteiger partial charge in [-0.15, -0.1) is 0 Å². The Labute approximate surface area is 180 Å². The number of halogens is 1. The van der Waals surface area contributed by atoms with Crippen molar-refractivity contribution in [3.8, 4) is 0 Å². The van der Waals surface area contributed by atoms with Crippen molar-refractivity contribution in [3.63, 3.8) is 0 Å². The maximum Gasteiger partial charge on any atom is 0.341 e. The number of carboxylic acid groups (broad SMARTS) is 1. The molecular formula is C22H27ClN2O5. The fourth-order valence-corrected chi connectivity index (χ4v) is 4.40. The van der Waals surface area contributed by atoms with Crippen LogP contribution in [0.1, 0.15) is 55.2 Å². The summed E-state index contributed by atoms with van der Waals surface area (Å²) in [6, 6.07) is 1.27. The lowest BCUT2D eigenvalue weighted by molar-refractivity contribution is 0.0693. The quantitative estimate of drug-likeness (QED) is 0.540. The van der Waals surface area contributed by atoms with Crippen molar-refractivity contribution in [2.24, 2.45) is 16.3 Å². The predicted molar refractivity (Wildman–Crippen MR) is 115 cm³/mol. The van der Waals surface area contributed by atoms with Crippen molar-refractivity contribution in [1.82, 2.24) is 4.57 Å². The van der Waals surface area contributed by atoms with Crippen molar-refractivity contribution in [3.05, 3.63) is 56.8 Å². The second-order valence-corrected chi connectivity index (χ2v) is 8.65. The highest BCUT2D eigenvalue weighted by molar-refractivity contribution is 6.30. The smallest absolute Gasteiger partial charge is 0.341 e. The van der Waals surface area contributed by atoms with Crippen molar-refractivity contribution in [2.75, 3.05) is 20.3 Å². The average Bonchev–Trinajstić information content (AvgIpc) is 2.99. The first-order chi connectivity index (χ1) is 14.2. The standard InChI is InChI=1S/C22H27ClN2O5/c1-22(2)8-7-14-5-6-18(30-10-4-9-29-3)20(23)24-12-15-11-17(26)16(21(27)28)13-25(15)19(14)22/h5-6,11-14,19H,4,7-10H2,1-3H3,(H,27,28)/b6-5+,20-18-,24-12+/t14-,19-/m0/s1. The van der Waals surface area contributed by atoms with E-state index in [2.05, 4.69) is 24.9 Å². The topological polar surface area (TPSA) is 90.1 Å². The molecule has 1 saturated carbocycles. The van der Waals surface area contributed by atoms with Crippen molar-refractivity contribution in [2.45, 2.75) is 39.2 Å². The van der Waals surface area contributed by atoms with E-state index in [1.54, 1.807) is 7.11 Å². The number of carbonyl (C=O) groups is 1. The Balaban J connectivity index is 2.10. The summed E-state index contributed by atoms with van der Waals surface area (Å²) in [6.07, 6.45) is 9.43. The maximum atomic E-state index is 12.3. The Morgan fingerprint density at radius 2 is 2.17 bits per heavy atom. The number of hydrogen-bond donors (Lipinski definition) is 1. The second-order valence-electron chi connectivity index (χ2n) is 8.29. The minimum atomic E-state index is -1.24. The van der Waals surface area contributed by atoms with Gasteiger partial charge in [0.05, 0.1) is 18.5 Å². The highest BCUT2D eigenvalue weighted by Crippen LogP contribution is 2.50. The molecule has 0 radical (unpaired) electrons. The van der Waals surface area contributed by atoms with Crippen LogP contribution in [0, 0.1) is 11.3 Å². The molecule has 0 bridgehead atoms. The van der Waals surface area contributed by atoms with Crippen LogP contribution in [-0.2, 0) is 9.47 Å². The molecular weight excluding hydrogens is 408 g/mol. The van der Waals surface area contributed by atoms with E-state index >= 15 is 0 Å². The number of aliphatic imine (C=N–C) groups is 1. The zero-order chi connectivity index (χ0) is 21.9. The average molecular weight is 435 g/mol. The Morgan fingerprint density at radius 1 is 1.40 bits per heavy atom. The summed E-state index contributed by atoms with van der Waals surface area (Å²) in [4.78, 5) is 28.2. The van der Waals surface area contributed by atoms with Gasteiger partial charge in [-0.3, -0.25) is 4.79 Å². The first-order valence-corrected chi connectivity index (χ1v) is 10.4. The molecule has 2 atom stereocenters. The predicted octanol–water partition coefficient (Wildman–Crippen LogP) is 3.97. The third-order valence-corrected chi connectivity index (χ3v) is 6.01. The number of hydrogen-bond acceptors (Lipinski definition) is 5. The highest BCUT2D eigenvalue weighted by Gasteiger charge is 2.42. The monoisotopic (exact) mass is 434 g/mol. The Bertz CT molecular complexity index is 961. The summed E-state index contributed by atoms with van der Waals surface area (Å²) in [6.45, 7) is 5.33. The van der Waals surface area contributed by atoms with Crippen molar-refractivity contribution >= 4 is 23.8 Å². The molecule has 1 aromatic heterocycles. The highest BCUT2D eigenvalue weighted by atomic mass is 35.5. The molecule has 1 fully saturated rings. The first kappa shape index (κ1) is 22.3. The van der Waals surface area contributed by atoms with E-state index in [1.165, 1.54) is 18.5 Å². The van der Waals surface area contributed by atoms with Gasteiger partial charge in [-0.25, -0.2) is 9.79 Å². The number of aromatic nitrogens is 1. The summed E-state index contributed by atoms with van der Waals surface area (Å²) in [5.41, 5.74) is -0.397. The molecule has 0 unspecified atom stereocenters. The molecule has 162 valence electrons. The number of allylic oxidation sites excluding steroid dienone is 2. The van der Waals surface area contributed by atoms with Crippen LogP contribution in [0.4, 0.5) is 0 Å². The summed E-state index contributed by atoms with van der Waals surface area (Å²) < 4.78 is 12.7. The van der Waals surface area contributed by atoms with Gasteiger partial charge in [0.25, 0.3) is 0 Å². The van der Waals surface area contributed by atoms with Crippen LogP contribution in [0.3, 0.4) is 0 Å². The second kappa shape index (κ2) is 9.18. The van der Waals surface area contributed by atoms with Crippen LogP contribution in [0.2, 0.25) is 0 Å². The largest absolute Gasteiger partial charge is 0.490 e. The van der Waals surface area contributed by atoms with E-state index in [1.807, 2.05) is 10.6 Å². The van der Waals surface area contributed by atoms with Crippen LogP contribution in [0.5, 0.6) is 0 Å². The normalized spacial score (nSPS) is 27.1. The van der Waals surface area contributed by atoms with Gasteiger partial charge in [-0.1, -0.05) is 31.5 Å². The molecule has 1 aliphatic heterocycles. The lowest BCUT2D eigenvalue weighted by Gasteiger charge is -2.34. The molecule has 2 heterocycles. The fourth-order valence-electron chi connectivity index (χ4n) is 4.24. The number of rotatable bonds is 6. The maximum absolute atomic E-state index is 12.3. The summed E-state index contributed by atoms with van der Waals surface area (Å²) in [5.74, 6) is -0.654. The molecule has 0 saturated heterocycles. The van der Waals surface area contributed by atoms with Crippen LogP contribution in [0.25, 0.3) is 0 Å².